The average molecular weight is 343 g/mol. The first kappa shape index (κ1) is 17.1. The summed E-state index contributed by atoms with van der Waals surface area (Å²) in [6.07, 6.45) is 2.43. The Balaban J connectivity index is 1.78. The number of esters is 1. The van der Waals surface area contributed by atoms with Crippen molar-refractivity contribution in [3.63, 3.8) is 0 Å². The van der Waals surface area contributed by atoms with Crippen LogP contribution in [-0.2, 0) is 19.1 Å². The van der Waals surface area contributed by atoms with E-state index in [4.69, 9.17) is 4.74 Å². The number of hydrogen-bond donors (Lipinski definition) is 1. The predicted octanol–water partition coefficient (Wildman–Crippen LogP) is 1.55. The Hall–Kier alpha value is -2.70. The summed E-state index contributed by atoms with van der Waals surface area (Å²) in [7, 11) is 0. The van der Waals surface area contributed by atoms with Gasteiger partial charge in [0.2, 0.25) is 12.0 Å². The second-order valence-electron chi connectivity index (χ2n) is 6.18. The molecule has 7 heteroatoms. The van der Waals surface area contributed by atoms with E-state index in [0.717, 1.165) is 19.3 Å². The molecule has 2 aliphatic heterocycles. The van der Waals surface area contributed by atoms with Crippen molar-refractivity contribution in [2.24, 2.45) is 5.10 Å². The Labute approximate surface area is 146 Å². The highest BCUT2D eigenvalue weighted by molar-refractivity contribution is 6.37. The van der Waals surface area contributed by atoms with Gasteiger partial charge in [0.25, 0.3) is 5.91 Å². The highest BCUT2D eigenvalue weighted by Gasteiger charge is 2.32. The van der Waals surface area contributed by atoms with E-state index in [9.17, 15) is 14.4 Å². The monoisotopic (exact) mass is 343 g/mol. The van der Waals surface area contributed by atoms with E-state index >= 15 is 0 Å². The molecule has 2 aliphatic rings. The normalized spacial score (nSPS) is 18.8. The topological polar surface area (TPSA) is 88.1 Å². The summed E-state index contributed by atoms with van der Waals surface area (Å²) >= 11 is 0. The molecular weight excluding hydrogens is 322 g/mol. The highest BCUT2D eigenvalue weighted by Crippen LogP contribution is 2.23. The van der Waals surface area contributed by atoms with Crippen LogP contribution in [0, 0.1) is 0 Å². The summed E-state index contributed by atoms with van der Waals surface area (Å²) in [6.45, 7) is 1.35. The third-order valence-corrected chi connectivity index (χ3v) is 4.36. The van der Waals surface area contributed by atoms with Crippen molar-refractivity contribution in [3.8, 4) is 0 Å². The molecule has 1 aromatic carbocycles. The van der Waals surface area contributed by atoms with E-state index in [0.29, 0.717) is 18.7 Å². The molecule has 1 N–H and O–H groups in total. The number of likely N-dealkylation sites (tertiary alicyclic amines) is 1. The lowest BCUT2D eigenvalue weighted by Gasteiger charge is -2.30. The first-order valence-electron chi connectivity index (χ1n) is 8.55. The molecule has 7 nitrogen and oxygen atoms in total. The molecule has 0 aromatic heterocycles. The summed E-state index contributed by atoms with van der Waals surface area (Å²) in [5, 5.41) is 3.75. The zero-order chi connectivity index (χ0) is 17.6. The fourth-order valence-electron chi connectivity index (χ4n) is 2.97. The number of hydrazone groups is 1. The molecule has 1 saturated heterocycles. The molecule has 0 bridgehead atoms. The number of nitrogens with one attached hydrogen (secondary N) is 1. The van der Waals surface area contributed by atoms with Gasteiger partial charge in [-0.3, -0.25) is 9.59 Å². The Kier molecular flexibility index (Phi) is 5.42. The van der Waals surface area contributed by atoms with E-state index in [-0.39, 0.29) is 30.4 Å². The van der Waals surface area contributed by atoms with E-state index < -0.39 is 12.1 Å². The van der Waals surface area contributed by atoms with Gasteiger partial charge < -0.3 is 9.64 Å². The average Bonchev–Trinajstić information content (AvgIpc) is 2.67. The Morgan fingerprint density at radius 3 is 2.44 bits per heavy atom. The predicted molar refractivity (Wildman–Crippen MR) is 90.5 cm³/mol. The standard InChI is InChI=1S/C18H21N3O4/c22-15-10-9-14(19-20-15)18(24)25-16(13-7-3-1-4-8-13)17(23)21-11-5-2-6-12-21/h1,3-4,7-8,16H,2,5-6,9-12H2,(H,20,22)/t16-/m1/s1. The molecule has 1 atom stereocenters. The van der Waals surface area contributed by atoms with Crippen molar-refractivity contribution in [1.29, 1.82) is 0 Å². The number of benzene rings is 1. The molecule has 2 heterocycles. The van der Waals surface area contributed by atoms with Crippen LogP contribution in [0.4, 0.5) is 0 Å². The zero-order valence-electron chi connectivity index (χ0n) is 13.9. The van der Waals surface area contributed by atoms with Crippen molar-refractivity contribution in [3.05, 3.63) is 35.9 Å². The number of carbonyl (C=O) groups is 3. The minimum atomic E-state index is -0.993. The van der Waals surface area contributed by atoms with Gasteiger partial charge in [-0.15, -0.1) is 0 Å². The lowest BCUT2D eigenvalue weighted by atomic mass is 10.1. The number of ether oxygens (including phenoxy) is 1. The zero-order valence-corrected chi connectivity index (χ0v) is 13.9. The van der Waals surface area contributed by atoms with Crippen LogP contribution in [0.2, 0.25) is 0 Å². The summed E-state index contributed by atoms with van der Waals surface area (Å²) in [6, 6.07) is 8.99. The molecule has 1 aromatic rings. The van der Waals surface area contributed by atoms with Crippen molar-refractivity contribution >= 4 is 23.5 Å². The largest absolute Gasteiger partial charge is 0.443 e. The van der Waals surface area contributed by atoms with Crippen LogP contribution in [-0.4, -0.2) is 41.5 Å². The quantitative estimate of drug-likeness (QED) is 0.840. The molecule has 1 fully saturated rings. The fourth-order valence-corrected chi connectivity index (χ4v) is 2.97. The molecule has 0 unspecified atom stereocenters. The second-order valence-corrected chi connectivity index (χ2v) is 6.18. The van der Waals surface area contributed by atoms with Crippen molar-refractivity contribution in [2.45, 2.75) is 38.2 Å². The van der Waals surface area contributed by atoms with Crippen LogP contribution in [0.1, 0.15) is 43.8 Å². The van der Waals surface area contributed by atoms with Crippen LogP contribution in [0.3, 0.4) is 0 Å². The minimum Gasteiger partial charge on any atom is -0.443 e. The van der Waals surface area contributed by atoms with Gasteiger partial charge in [0.05, 0.1) is 0 Å². The Bertz CT molecular complexity index is 681. The number of nitrogens with zero attached hydrogens (tertiary/aromatic N) is 2. The summed E-state index contributed by atoms with van der Waals surface area (Å²) in [5.41, 5.74) is 3.03. The molecule has 0 spiro atoms. The number of amides is 2. The number of rotatable bonds is 4. The lowest BCUT2D eigenvalue weighted by Crippen LogP contribution is -2.41. The Morgan fingerprint density at radius 2 is 1.80 bits per heavy atom. The molecule has 0 saturated carbocycles. The molecule has 0 radical (unpaired) electrons. The molecule has 25 heavy (non-hydrogen) atoms. The number of hydrogen-bond acceptors (Lipinski definition) is 5. The third-order valence-electron chi connectivity index (χ3n) is 4.36. The summed E-state index contributed by atoms with van der Waals surface area (Å²) < 4.78 is 5.51. The van der Waals surface area contributed by atoms with E-state index in [1.807, 2.05) is 6.07 Å². The van der Waals surface area contributed by atoms with E-state index in [2.05, 4.69) is 10.5 Å². The maximum absolute atomic E-state index is 12.9. The number of piperidine rings is 1. The first-order valence-corrected chi connectivity index (χ1v) is 8.55. The van der Waals surface area contributed by atoms with Crippen molar-refractivity contribution < 1.29 is 19.1 Å². The van der Waals surface area contributed by atoms with E-state index in [1.54, 1.807) is 29.2 Å². The number of carbonyl (C=O) groups excluding carboxylic acids is 3. The van der Waals surface area contributed by atoms with Crippen LogP contribution in [0.5, 0.6) is 0 Å². The second kappa shape index (κ2) is 7.92. The van der Waals surface area contributed by atoms with Crippen LogP contribution in [0.25, 0.3) is 0 Å². The Morgan fingerprint density at radius 1 is 1.08 bits per heavy atom. The molecule has 3 rings (SSSR count). The van der Waals surface area contributed by atoms with E-state index in [1.165, 1.54) is 0 Å². The van der Waals surface area contributed by atoms with Gasteiger partial charge in [-0.2, -0.15) is 5.10 Å². The van der Waals surface area contributed by atoms with Crippen molar-refractivity contribution in [2.75, 3.05) is 13.1 Å². The molecule has 2 amide bonds. The summed E-state index contributed by atoms with van der Waals surface area (Å²) in [5.74, 6) is -1.11. The van der Waals surface area contributed by atoms with Gasteiger partial charge in [-0.1, -0.05) is 30.3 Å². The van der Waals surface area contributed by atoms with Gasteiger partial charge in [0.1, 0.15) is 5.71 Å². The highest BCUT2D eigenvalue weighted by atomic mass is 16.5. The SMILES string of the molecule is O=C1CCC(C(=O)O[C@@H](C(=O)N2CCCCC2)c2ccccc2)=NN1. The van der Waals surface area contributed by atoms with Crippen molar-refractivity contribution in [1.82, 2.24) is 10.3 Å². The van der Waals surface area contributed by atoms with Gasteiger partial charge in [0.15, 0.2) is 0 Å². The smallest absolute Gasteiger partial charge is 0.355 e. The van der Waals surface area contributed by atoms with Gasteiger partial charge >= 0.3 is 5.97 Å². The van der Waals surface area contributed by atoms with Gasteiger partial charge in [0, 0.05) is 31.5 Å². The molecule has 0 aliphatic carbocycles. The molecular formula is C18H21N3O4. The van der Waals surface area contributed by atoms with Crippen LogP contribution >= 0.6 is 0 Å². The lowest BCUT2D eigenvalue weighted by molar-refractivity contribution is -0.156. The third kappa shape index (κ3) is 4.23. The fraction of sp³-hybridized carbons (Fsp3) is 0.444. The first-order chi connectivity index (χ1) is 12.1. The maximum Gasteiger partial charge on any atom is 0.355 e. The van der Waals surface area contributed by atoms with Crippen LogP contribution in [0.15, 0.2) is 35.4 Å². The summed E-state index contributed by atoms with van der Waals surface area (Å²) in [4.78, 5) is 38.2. The van der Waals surface area contributed by atoms with Gasteiger partial charge in [-0.25, -0.2) is 10.2 Å². The minimum absolute atomic E-state index is 0.131. The van der Waals surface area contributed by atoms with Crippen LogP contribution < -0.4 is 5.43 Å². The maximum atomic E-state index is 12.9. The van der Waals surface area contributed by atoms with Gasteiger partial charge in [-0.05, 0) is 19.3 Å². The molecule has 132 valence electrons.